The molecule has 0 bridgehead atoms. The van der Waals surface area contributed by atoms with Gasteiger partial charge in [-0.05, 0) is 30.3 Å². The predicted molar refractivity (Wildman–Crippen MR) is 109 cm³/mol. The molecule has 1 aromatic heterocycles. The van der Waals surface area contributed by atoms with Crippen LogP contribution in [0.4, 0.5) is 41.9 Å². The van der Waals surface area contributed by atoms with Gasteiger partial charge in [0.2, 0.25) is 0 Å². The van der Waals surface area contributed by atoms with E-state index in [2.05, 4.69) is 20.6 Å². The number of nitrogen functional groups attached to an aromatic ring is 1. The van der Waals surface area contributed by atoms with Crippen LogP contribution in [0.5, 0.6) is 11.5 Å². The first-order valence-corrected chi connectivity index (χ1v) is 8.84. The Labute approximate surface area is 175 Å². The number of ether oxygens (including phenoxy) is 2. The van der Waals surface area contributed by atoms with Gasteiger partial charge in [-0.3, -0.25) is 0 Å². The third kappa shape index (κ3) is 4.60. The Balaban J connectivity index is 1.92. The molecule has 0 unspecified atom stereocenters. The maximum atomic E-state index is 13.1. The van der Waals surface area contributed by atoms with Gasteiger partial charge in [-0.15, -0.1) is 0 Å². The van der Waals surface area contributed by atoms with Gasteiger partial charge in [-0.2, -0.15) is 13.2 Å². The van der Waals surface area contributed by atoms with Crippen LogP contribution in [0.1, 0.15) is 5.56 Å². The lowest BCUT2D eigenvalue weighted by Crippen LogP contribution is -2.08. The number of rotatable bonds is 6. The molecule has 0 saturated carbocycles. The number of methoxy groups -OCH3 is 2. The average Bonchev–Trinajstić information content (AvgIpc) is 2.71. The Bertz CT molecular complexity index is 1060. The van der Waals surface area contributed by atoms with Crippen LogP contribution in [0.25, 0.3) is 0 Å². The molecule has 0 atom stereocenters. The van der Waals surface area contributed by atoms with Crippen molar-refractivity contribution in [2.45, 2.75) is 6.18 Å². The average molecular weight is 440 g/mol. The monoisotopic (exact) mass is 439 g/mol. The molecule has 0 fully saturated rings. The van der Waals surface area contributed by atoms with Crippen LogP contribution in [0, 0.1) is 0 Å². The van der Waals surface area contributed by atoms with Crippen molar-refractivity contribution < 1.29 is 22.6 Å². The molecule has 0 amide bonds. The first kappa shape index (κ1) is 21.3. The maximum absolute atomic E-state index is 13.1. The summed E-state index contributed by atoms with van der Waals surface area (Å²) >= 11 is 5.65. The molecule has 3 rings (SSSR count). The first-order valence-electron chi connectivity index (χ1n) is 8.46. The quantitative estimate of drug-likeness (QED) is 0.483. The number of hydrogen-bond donors (Lipinski definition) is 3. The van der Waals surface area contributed by atoms with E-state index in [1.807, 2.05) is 0 Å². The van der Waals surface area contributed by atoms with Gasteiger partial charge in [0.05, 0.1) is 30.5 Å². The molecule has 2 aromatic carbocycles. The van der Waals surface area contributed by atoms with Crippen LogP contribution in [-0.4, -0.2) is 24.2 Å². The van der Waals surface area contributed by atoms with Crippen molar-refractivity contribution in [1.29, 1.82) is 0 Å². The number of alkyl halides is 3. The summed E-state index contributed by atoms with van der Waals surface area (Å²) in [7, 11) is 3.02. The second-order valence-corrected chi connectivity index (χ2v) is 6.40. The molecule has 4 N–H and O–H groups in total. The Morgan fingerprint density at radius 2 is 1.67 bits per heavy atom. The fraction of sp³-hybridized carbons (Fsp3) is 0.158. The van der Waals surface area contributed by atoms with Crippen LogP contribution in [-0.2, 0) is 6.18 Å². The minimum atomic E-state index is -4.60. The van der Waals surface area contributed by atoms with Crippen LogP contribution in [0.2, 0.25) is 5.02 Å². The lowest BCUT2D eigenvalue weighted by Gasteiger charge is -2.16. The number of anilines is 5. The van der Waals surface area contributed by atoms with Crippen LogP contribution in [0.15, 0.2) is 42.7 Å². The van der Waals surface area contributed by atoms with Crippen molar-refractivity contribution in [2.24, 2.45) is 0 Å². The standard InChI is InChI=1S/C19H17ClF3N5O2/c1-29-11-4-6-15(30-2)14(8-11)28-18-16(24)17(25-9-26-18)27-10-3-5-13(20)12(7-10)19(21,22)23/h3-9H,24H2,1-2H3,(H2,25,26,27,28). The number of nitrogens with zero attached hydrogens (tertiary/aromatic N) is 2. The highest BCUT2D eigenvalue weighted by Crippen LogP contribution is 2.38. The summed E-state index contributed by atoms with van der Waals surface area (Å²) in [5.41, 5.74) is 5.88. The van der Waals surface area contributed by atoms with Gasteiger partial charge in [0.25, 0.3) is 0 Å². The molecule has 0 spiro atoms. The molecule has 0 aliphatic carbocycles. The zero-order chi connectivity index (χ0) is 21.9. The fourth-order valence-corrected chi connectivity index (χ4v) is 2.82. The van der Waals surface area contributed by atoms with E-state index in [9.17, 15) is 13.2 Å². The second kappa shape index (κ2) is 8.54. The Morgan fingerprint density at radius 3 is 2.30 bits per heavy atom. The molecule has 0 aliphatic rings. The number of aromatic nitrogens is 2. The Kier molecular flexibility index (Phi) is 6.06. The molecule has 0 aliphatic heterocycles. The summed E-state index contributed by atoms with van der Waals surface area (Å²) in [6.07, 6.45) is -3.38. The Hall–Kier alpha value is -3.40. The van der Waals surface area contributed by atoms with Crippen LogP contribution < -0.4 is 25.8 Å². The van der Waals surface area contributed by atoms with E-state index in [1.54, 1.807) is 18.2 Å². The zero-order valence-electron chi connectivity index (χ0n) is 15.8. The molecular formula is C19H17ClF3N5O2. The number of hydrogen-bond acceptors (Lipinski definition) is 7. The van der Waals surface area contributed by atoms with Gasteiger partial charge in [0.15, 0.2) is 11.6 Å². The van der Waals surface area contributed by atoms with E-state index >= 15 is 0 Å². The lowest BCUT2D eigenvalue weighted by molar-refractivity contribution is -0.137. The summed E-state index contributed by atoms with van der Waals surface area (Å²) in [6.45, 7) is 0. The second-order valence-electron chi connectivity index (χ2n) is 5.99. The topological polar surface area (TPSA) is 94.3 Å². The predicted octanol–water partition coefficient (Wildman–Crippen LogP) is 5.24. The molecule has 0 radical (unpaired) electrons. The highest BCUT2D eigenvalue weighted by Gasteiger charge is 2.33. The van der Waals surface area contributed by atoms with Gasteiger partial charge in [0, 0.05) is 11.8 Å². The van der Waals surface area contributed by atoms with Gasteiger partial charge in [-0.1, -0.05) is 11.6 Å². The van der Waals surface area contributed by atoms with Gasteiger partial charge in [-0.25, -0.2) is 9.97 Å². The fourth-order valence-electron chi connectivity index (χ4n) is 2.59. The summed E-state index contributed by atoms with van der Waals surface area (Å²) in [5, 5.41) is 5.37. The normalized spacial score (nSPS) is 11.1. The summed E-state index contributed by atoms with van der Waals surface area (Å²) < 4.78 is 49.8. The van der Waals surface area contributed by atoms with E-state index in [4.69, 9.17) is 26.8 Å². The molecule has 1 heterocycles. The van der Waals surface area contributed by atoms with Crippen LogP contribution >= 0.6 is 11.6 Å². The lowest BCUT2D eigenvalue weighted by atomic mass is 10.2. The first-order chi connectivity index (χ1) is 14.2. The van der Waals surface area contributed by atoms with Gasteiger partial charge in [0.1, 0.15) is 23.5 Å². The zero-order valence-corrected chi connectivity index (χ0v) is 16.6. The summed E-state index contributed by atoms with van der Waals surface area (Å²) in [5.74, 6) is 1.43. The third-order valence-corrected chi connectivity index (χ3v) is 4.41. The number of halogens is 4. The van der Waals surface area contributed by atoms with Crippen molar-refractivity contribution in [2.75, 3.05) is 30.6 Å². The number of nitrogens with one attached hydrogen (secondary N) is 2. The summed E-state index contributed by atoms with van der Waals surface area (Å²) in [4.78, 5) is 8.10. The molecule has 11 heteroatoms. The number of benzene rings is 2. The Morgan fingerprint density at radius 1 is 0.967 bits per heavy atom. The highest BCUT2D eigenvalue weighted by atomic mass is 35.5. The number of nitrogens with two attached hydrogens (primary N) is 1. The van der Waals surface area contributed by atoms with Gasteiger partial charge >= 0.3 is 6.18 Å². The summed E-state index contributed by atoms with van der Waals surface area (Å²) in [6, 6.07) is 8.51. The van der Waals surface area contributed by atoms with Crippen molar-refractivity contribution >= 4 is 40.3 Å². The SMILES string of the molecule is COc1ccc(OC)c(Nc2ncnc(Nc3ccc(Cl)c(C(F)(F)F)c3)c2N)c1. The smallest absolute Gasteiger partial charge is 0.417 e. The van der Waals surface area contributed by atoms with E-state index in [1.165, 1.54) is 26.6 Å². The van der Waals surface area contributed by atoms with E-state index in [0.717, 1.165) is 12.1 Å². The molecular weight excluding hydrogens is 423 g/mol. The minimum absolute atomic E-state index is 0.0888. The van der Waals surface area contributed by atoms with E-state index in [0.29, 0.717) is 17.2 Å². The molecule has 158 valence electrons. The van der Waals surface area contributed by atoms with Crippen molar-refractivity contribution in [3.05, 3.63) is 53.3 Å². The van der Waals surface area contributed by atoms with Crippen molar-refractivity contribution in [1.82, 2.24) is 9.97 Å². The molecule has 3 aromatic rings. The van der Waals surface area contributed by atoms with E-state index in [-0.39, 0.29) is 23.0 Å². The largest absolute Gasteiger partial charge is 0.497 e. The van der Waals surface area contributed by atoms with E-state index < -0.39 is 16.8 Å². The van der Waals surface area contributed by atoms with Crippen LogP contribution in [0.3, 0.4) is 0 Å². The third-order valence-electron chi connectivity index (χ3n) is 4.08. The highest BCUT2D eigenvalue weighted by molar-refractivity contribution is 6.31. The minimum Gasteiger partial charge on any atom is -0.497 e. The maximum Gasteiger partial charge on any atom is 0.417 e. The molecule has 0 saturated heterocycles. The molecule has 7 nitrogen and oxygen atoms in total. The van der Waals surface area contributed by atoms with Crippen molar-refractivity contribution in [3.8, 4) is 11.5 Å². The van der Waals surface area contributed by atoms with Gasteiger partial charge < -0.3 is 25.8 Å². The molecule has 30 heavy (non-hydrogen) atoms. The van der Waals surface area contributed by atoms with Crippen molar-refractivity contribution in [3.63, 3.8) is 0 Å².